The smallest absolute Gasteiger partial charge is 0.296 e. The van der Waals surface area contributed by atoms with Crippen LogP contribution in [0, 0.1) is 0 Å². The standard InChI is InChI=1S/C3H3N3O/c7-2-3-1-4-6-5-3/h1-2H,(H,4,5,6)/p+1. The summed E-state index contributed by atoms with van der Waals surface area (Å²) in [5.74, 6) is 0. The molecule has 0 unspecified atom stereocenters. The maximum absolute atomic E-state index is 9.75. The number of hydrogen-bond donors (Lipinski definition) is 1. The van der Waals surface area contributed by atoms with E-state index in [1.165, 1.54) is 6.20 Å². The Morgan fingerprint density at radius 2 is 2.86 bits per heavy atom. The number of rotatable bonds is 1. The van der Waals surface area contributed by atoms with E-state index >= 15 is 0 Å². The molecule has 0 aliphatic carbocycles. The predicted molar refractivity (Wildman–Crippen MR) is 22.9 cm³/mol. The zero-order valence-corrected chi connectivity index (χ0v) is 3.46. The summed E-state index contributed by atoms with van der Waals surface area (Å²) in [5.41, 5.74) is 0.333. The van der Waals surface area contributed by atoms with Crippen LogP contribution in [0.3, 0.4) is 0 Å². The molecule has 0 aliphatic rings. The van der Waals surface area contributed by atoms with Crippen molar-refractivity contribution in [3.05, 3.63) is 11.9 Å². The molecule has 1 aromatic rings. The van der Waals surface area contributed by atoms with E-state index in [0.717, 1.165) is 0 Å². The fraction of sp³-hybridized carbons (Fsp3) is 0. The summed E-state index contributed by atoms with van der Waals surface area (Å²) in [6.45, 7) is 0. The molecule has 0 aliphatic heterocycles. The molecule has 0 amide bonds. The van der Waals surface area contributed by atoms with E-state index in [-0.39, 0.29) is 1.43 Å². The minimum Gasteiger partial charge on any atom is -0.296 e. The minimum atomic E-state index is 0. The minimum absolute atomic E-state index is 0. The Labute approximate surface area is 41.0 Å². The van der Waals surface area contributed by atoms with Crippen molar-refractivity contribution in [3.8, 4) is 0 Å². The normalized spacial score (nSPS) is 8.57. The van der Waals surface area contributed by atoms with Crippen molar-refractivity contribution in [3.63, 3.8) is 0 Å². The molecule has 1 N–H and O–H groups in total. The average Bonchev–Trinajstić information content (AvgIpc) is 2.14. The van der Waals surface area contributed by atoms with Crippen molar-refractivity contribution < 1.29 is 6.22 Å². The van der Waals surface area contributed by atoms with Crippen molar-refractivity contribution in [1.29, 1.82) is 0 Å². The summed E-state index contributed by atoms with van der Waals surface area (Å²) in [6, 6.07) is 0. The highest BCUT2D eigenvalue weighted by Gasteiger charge is 1.85. The zero-order chi connectivity index (χ0) is 5.11. The number of aldehydes is 1. The summed E-state index contributed by atoms with van der Waals surface area (Å²) < 4.78 is 0. The van der Waals surface area contributed by atoms with Gasteiger partial charge in [-0.05, 0) is 0 Å². The maximum Gasteiger partial charge on any atom is 1.00 e. The third-order valence-corrected chi connectivity index (χ3v) is 0.554. The van der Waals surface area contributed by atoms with E-state index < -0.39 is 0 Å². The molecule has 0 bridgehead atoms. The lowest BCUT2D eigenvalue weighted by Crippen LogP contribution is -1.75. The fourth-order valence-electron chi connectivity index (χ4n) is 0.267. The molecule has 7 heavy (non-hydrogen) atoms. The van der Waals surface area contributed by atoms with Crippen LogP contribution >= 0.6 is 0 Å². The number of nitrogens with zero attached hydrogens (tertiary/aromatic N) is 2. The topological polar surface area (TPSA) is 58.6 Å². The van der Waals surface area contributed by atoms with Crippen molar-refractivity contribution in [2.45, 2.75) is 0 Å². The van der Waals surface area contributed by atoms with E-state index in [1.54, 1.807) is 0 Å². The number of hydrogen-bond acceptors (Lipinski definition) is 3. The maximum atomic E-state index is 9.75. The van der Waals surface area contributed by atoms with Crippen molar-refractivity contribution in [2.75, 3.05) is 0 Å². The van der Waals surface area contributed by atoms with Gasteiger partial charge < -0.3 is 0 Å². The number of aromatic nitrogens is 3. The van der Waals surface area contributed by atoms with Gasteiger partial charge in [0.2, 0.25) is 0 Å². The second-order valence-corrected chi connectivity index (χ2v) is 1.01. The molecule has 0 saturated carbocycles. The van der Waals surface area contributed by atoms with Crippen LogP contribution in [0.1, 0.15) is 11.9 Å². The molecule has 4 heteroatoms. The van der Waals surface area contributed by atoms with Crippen LogP contribution in [-0.2, 0) is 0 Å². The van der Waals surface area contributed by atoms with E-state index in [0.29, 0.717) is 12.0 Å². The Kier molecular flexibility index (Phi) is 0.856. The lowest BCUT2D eigenvalue weighted by Gasteiger charge is -1.62. The summed E-state index contributed by atoms with van der Waals surface area (Å²) in [4.78, 5) is 9.75. The molecule has 1 rings (SSSR count). The predicted octanol–water partition coefficient (Wildman–Crippen LogP) is -0.270. The van der Waals surface area contributed by atoms with Gasteiger partial charge >= 0.3 is 1.43 Å². The van der Waals surface area contributed by atoms with E-state index in [4.69, 9.17) is 0 Å². The van der Waals surface area contributed by atoms with Gasteiger partial charge in [0, 0.05) is 0 Å². The monoisotopic (exact) mass is 98.0 g/mol. The van der Waals surface area contributed by atoms with Gasteiger partial charge in [0.05, 0.1) is 6.20 Å². The summed E-state index contributed by atoms with van der Waals surface area (Å²) in [6.07, 6.45) is 1.98. The molecule has 0 saturated heterocycles. The fourth-order valence-corrected chi connectivity index (χ4v) is 0.267. The highest BCUT2D eigenvalue weighted by Crippen LogP contribution is 1.76. The largest absolute Gasteiger partial charge is 1.00 e. The Morgan fingerprint density at radius 3 is 3.14 bits per heavy atom. The Bertz CT molecular complexity index is 150. The van der Waals surface area contributed by atoms with Gasteiger partial charge in [0.1, 0.15) is 5.69 Å². The van der Waals surface area contributed by atoms with Crippen LogP contribution in [0.5, 0.6) is 0 Å². The Morgan fingerprint density at radius 1 is 2.00 bits per heavy atom. The second kappa shape index (κ2) is 1.51. The van der Waals surface area contributed by atoms with Gasteiger partial charge in [-0.25, -0.2) is 0 Å². The third kappa shape index (κ3) is 0.623. The van der Waals surface area contributed by atoms with Crippen molar-refractivity contribution in [2.24, 2.45) is 0 Å². The number of aromatic amines is 1. The quantitative estimate of drug-likeness (QED) is 0.492. The van der Waals surface area contributed by atoms with Crippen LogP contribution in [0.2, 0.25) is 0 Å². The highest BCUT2D eigenvalue weighted by molar-refractivity contribution is 5.70. The van der Waals surface area contributed by atoms with E-state index in [9.17, 15) is 4.79 Å². The summed E-state index contributed by atoms with van der Waals surface area (Å²) in [5, 5.41) is 9.11. The van der Waals surface area contributed by atoms with Gasteiger partial charge in [-0.15, -0.1) is 0 Å². The molecular weight excluding hydrogens is 94.1 g/mol. The van der Waals surface area contributed by atoms with Crippen LogP contribution < -0.4 is 0 Å². The molecule has 0 fully saturated rings. The number of carbonyl (C=O) groups is 1. The van der Waals surface area contributed by atoms with Gasteiger partial charge in [0.25, 0.3) is 0 Å². The lowest BCUT2D eigenvalue weighted by molar-refractivity contribution is 0.111. The van der Waals surface area contributed by atoms with Crippen molar-refractivity contribution >= 4 is 6.29 Å². The van der Waals surface area contributed by atoms with E-state index in [2.05, 4.69) is 15.4 Å². The van der Waals surface area contributed by atoms with Crippen LogP contribution in [0.4, 0.5) is 0 Å². The molecule has 4 nitrogen and oxygen atoms in total. The summed E-state index contributed by atoms with van der Waals surface area (Å²) in [7, 11) is 0. The first-order chi connectivity index (χ1) is 3.43. The first-order valence-electron chi connectivity index (χ1n) is 1.74. The third-order valence-electron chi connectivity index (χ3n) is 0.554. The Balaban J connectivity index is 0.000000490. The molecule has 0 radical (unpaired) electrons. The number of H-pyrrole nitrogens is 1. The molecule has 1 aromatic heterocycles. The van der Waals surface area contributed by atoms with Crippen LogP contribution in [0.15, 0.2) is 6.20 Å². The molecular formula is C3H4N3O+. The Hall–Kier alpha value is -1.19. The van der Waals surface area contributed by atoms with Gasteiger partial charge in [0.15, 0.2) is 6.29 Å². The van der Waals surface area contributed by atoms with Crippen molar-refractivity contribution in [1.82, 2.24) is 15.4 Å². The van der Waals surface area contributed by atoms with Crippen LogP contribution in [-0.4, -0.2) is 21.7 Å². The number of nitrogens with one attached hydrogen (secondary N) is 1. The molecule has 0 atom stereocenters. The molecule has 1 heterocycles. The molecule has 0 spiro atoms. The molecule has 0 aromatic carbocycles. The van der Waals surface area contributed by atoms with Gasteiger partial charge in [-0.3, -0.25) is 4.79 Å². The van der Waals surface area contributed by atoms with Gasteiger partial charge in [-0.2, -0.15) is 15.4 Å². The SMILES string of the molecule is O=Cc1cn[nH]n1.[H+]. The highest BCUT2D eigenvalue weighted by atomic mass is 16.1. The summed E-state index contributed by atoms with van der Waals surface area (Å²) >= 11 is 0. The average molecular weight is 98.1 g/mol. The lowest BCUT2D eigenvalue weighted by atomic mass is 10.6. The first-order valence-corrected chi connectivity index (χ1v) is 1.74. The van der Waals surface area contributed by atoms with Gasteiger partial charge in [-0.1, -0.05) is 0 Å². The molecule has 36 valence electrons. The second-order valence-electron chi connectivity index (χ2n) is 1.01. The number of carbonyl (C=O) groups excluding carboxylic acids is 1. The van der Waals surface area contributed by atoms with E-state index in [1.807, 2.05) is 0 Å². The first kappa shape index (κ1) is 3.98. The van der Waals surface area contributed by atoms with Crippen LogP contribution in [0.25, 0.3) is 0 Å². The zero-order valence-electron chi connectivity index (χ0n) is 4.46.